The topological polar surface area (TPSA) is 73.8 Å². The molecule has 0 aliphatic carbocycles. The van der Waals surface area contributed by atoms with E-state index in [4.69, 9.17) is 34.2 Å². The minimum atomic E-state index is -3.13. The molecule has 8 nitrogen and oxygen atoms in total. The van der Waals surface area contributed by atoms with Gasteiger partial charge in [0.25, 0.3) is 0 Å². The lowest BCUT2D eigenvalue weighted by Crippen LogP contribution is -2.72. The Morgan fingerprint density at radius 3 is 0.679 bits per heavy atom. The fraction of sp³-hybridized carbons (Fsp3) is 1.00. The van der Waals surface area contributed by atoms with Crippen molar-refractivity contribution < 1.29 is 34.2 Å². The Bertz CT molecular complexity index is 368. The molecule has 0 bridgehead atoms. The van der Waals surface area contributed by atoms with Crippen LogP contribution in [0.25, 0.3) is 0 Å². The summed E-state index contributed by atoms with van der Waals surface area (Å²) in [4.78, 5) is 0. The van der Waals surface area contributed by atoms with Crippen LogP contribution < -0.4 is 0 Å². The van der Waals surface area contributed by atoms with Crippen molar-refractivity contribution in [2.45, 2.75) is 79.6 Å². The Kier molecular flexibility index (Phi) is 11.2. The summed E-state index contributed by atoms with van der Waals surface area (Å²) in [6.45, 7) is 17.7. The first-order valence-corrected chi connectivity index (χ1v) is 18.4. The second kappa shape index (κ2) is 11.8. The van der Waals surface area contributed by atoms with Crippen molar-refractivity contribution in [3.63, 3.8) is 0 Å². The van der Waals surface area contributed by atoms with Crippen molar-refractivity contribution in [1.29, 1.82) is 0 Å². The molecule has 0 atom stereocenters. The zero-order valence-corrected chi connectivity index (χ0v) is 22.9. The van der Waals surface area contributed by atoms with Gasteiger partial charge in [-0.05, 0) is 27.7 Å². The van der Waals surface area contributed by atoms with Crippen LogP contribution in [0.2, 0.25) is 24.2 Å². The summed E-state index contributed by atoms with van der Waals surface area (Å²) in [5, 5.41) is 0. The van der Waals surface area contributed by atoms with E-state index in [0.717, 1.165) is 0 Å². The molecule has 1 heterocycles. The fourth-order valence-electron chi connectivity index (χ4n) is 3.13. The number of hydrogen-bond acceptors (Lipinski definition) is 8. The summed E-state index contributed by atoms with van der Waals surface area (Å²) < 4.78 is 51.3. The third-order valence-corrected chi connectivity index (χ3v) is 20.8. The Balaban J connectivity index is 3.56. The minimum absolute atomic E-state index is 0.475. The maximum atomic E-state index is 6.67. The first kappa shape index (κ1) is 26.6. The largest absolute Gasteiger partial charge is 0.485 e. The van der Waals surface area contributed by atoms with Crippen molar-refractivity contribution in [1.82, 2.24) is 0 Å². The van der Waals surface area contributed by atoms with Gasteiger partial charge in [0, 0.05) is 50.6 Å². The molecule has 1 fully saturated rings. The van der Waals surface area contributed by atoms with E-state index in [1.165, 1.54) is 0 Å². The summed E-state index contributed by atoms with van der Waals surface area (Å²) in [6.07, 6.45) is 0. The molecule has 0 aromatic carbocycles. The predicted octanol–water partition coefficient (Wildman–Crippen LogP) is 4.05. The lowest BCUT2D eigenvalue weighted by Gasteiger charge is -2.49. The second-order valence-corrected chi connectivity index (χ2v) is 19.0. The van der Waals surface area contributed by atoms with Crippen LogP contribution in [0, 0.1) is 0 Å². The number of rotatable bonds is 12. The van der Waals surface area contributed by atoms with Gasteiger partial charge in [-0.1, -0.05) is 27.7 Å². The summed E-state index contributed by atoms with van der Waals surface area (Å²) >= 11 is 0. The molecule has 0 aromatic heterocycles. The van der Waals surface area contributed by atoms with Crippen LogP contribution >= 0.6 is 0 Å². The average Bonchev–Trinajstić information content (AvgIpc) is 2.67. The molecule has 1 aliphatic heterocycles. The standard InChI is InChI=1S/C16H40O8Si4/c1-9-17-25(13-5)21-26(14-6,18-10-2)23-28(16-8,20-12-4)24-27(15-7,22-25)19-11-3/h9-16H2,1-8H3. The average molecular weight is 473 g/mol. The van der Waals surface area contributed by atoms with Gasteiger partial charge in [0.2, 0.25) is 0 Å². The maximum absolute atomic E-state index is 6.67. The molecule has 0 aromatic rings. The smallest absolute Gasteiger partial charge is 0.375 e. The van der Waals surface area contributed by atoms with E-state index in [0.29, 0.717) is 50.6 Å². The molecular formula is C16H40O8Si4. The Morgan fingerprint density at radius 1 is 0.393 bits per heavy atom. The summed E-state index contributed by atoms with van der Waals surface area (Å²) in [6, 6.07) is 2.36. The van der Waals surface area contributed by atoms with Gasteiger partial charge >= 0.3 is 35.2 Å². The molecule has 0 N–H and O–H groups in total. The summed E-state index contributed by atoms with van der Waals surface area (Å²) in [7, 11) is -12.5. The molecule has 168 valence electrons. The first-order valence-electron chi connectivity index (χ1n) is 10.7. The normalized spacial score (nSPS) is 36.9. The third kappa shape index (κ3) is 6.28. The second-order valence-electron chi connectivity index (χ2n) is 6.29. The highest BCUT2D eigenvalue weighted by Crippen LogP contribution is 2.38. The van der Waals surface area contributed by atoms with Gasteiger partial charge in [-0.3, -0.25) is 0 Å². The van der Waals surface area contributed by atoms with Crippen LogP contribution in [0.3, 0.4) is 0 Å². The van der Waals surface area contributed by atoms with E-state index in [1.54, 1.807) is 0 Å². The molecule has 0 spiro atoms. The molecular weight excluding hydrogens is 433 g/mol. The highest BCUT2D eigenvalue weighted by atomic mass is 28.6. The third-order valence-electron chi connectivity index (χ3n) is 4.43. The van der Waals surface area contributed by atoms with Gasteiger partial charge in [-0.2, -0.15) is 0 Å². The molecule has 1 rings (SSSR count). The van der Waals surface area contributed by atoms with Crippen molar-refractivity contribution in [2.75, 3.05) is 26.4 Å². The van der Waals surface area contributed by atoms with Crippen LogP contribution in [0.5, 0.6) is 0 Å². The van der Waals surface area contributed by atoms with Gasteiger partial charge in [0.15, 0.2) is 0 Å². The van der Waals surface area contributed by atoms with Crippen LogP contribution in [0.4, 0.5) is 0 Å². The predicted molar refractivity (Wildman–Crippen MR) is 116 cm³/mol. The molecule has 0 unspecified atom stereocenters. The van der Waals surface area contributed by atoms with Crippen LogP contribution in [0.1, 0.15) is 55.4 Å². The molecule has 0 radical (unpaired) electrons. The zero-order chi connectivity index (χ0) is 21.3. The highest BCUT2D eigenvalue weighted by Gasteiger charge is 2.66. The van der Waals surface area contributed by atoms with E-state index in [1.807, 2.05) is 55.4 Å². The Labute approximate surface area is 175 Å². The van der Waals surface area contributed by atoms with Crippen LogP contribution in [-0.2, 0) is 34.2 Å². The van der Waals surface area contributed by atoms with Crippen LogP contribution in [-0.4, -0.2) is 61.6 Å². The molecule has 0 amide bonds. The number of hydrogen-bond donors (Lipinski definition) is 0. The quantitative estimate of drug-likeness (QED) is 0.394. The van der Waals surface area contributed by atoms with E-state index in [9.17, 15) is 0 Å². The highest BCUT2D eigenvalue weighted by molar-refractivity contribution is 6.89. The van der Waals surface area contributed by atoms with E-state index >= 15 is 0 Å². The molecule has 28 heavy (non-hydrogen) atoms. The SMILES string of the molecule is CCO[Si]1(CC)O[Si](CC)(OCC)O[Si](CC)(OCC)O[Si](CC)(OCC)O1. The minimum Gasteiger partial charge on any atom is -0.375 e. The van der Waals surface area contributed by atoms with Crippen molar-refractivity contribution in [3.05, 3.63) is 0 Å². The Hall–Kier alpha value is 0.548. The Morgan fingerprint density at radius 2 is 0.571 bits per heavy atom. The fourth-order valence-corrected chi connectivity index (χ4v) is 22.0. The van der Waals surface area contributed by atoms with E-state index < -0.39 is 35.2 Å². The van der Waals surface area contributed by atoms with E-state index in [-0.39, 0.29) is 0 Å². The molecule has 12 heteroatoms. The summed E-state index contributed by atoms with van der Waals surface area (Å²) in [5.41, 5.74) is 0. The lowest BCUT2D eigenvalue weighted by molar-refractivity contribution is 0.0190. The first-order chi connectivity index (χ1) is 13.3. The van der Waals surface area contributed by atoms with Crippen molar-refractivity contribution in [3.8, 4) is 0 Å². The van der Waals surface area contributed by atoms with Crippen molar-refractivity contribution >= 4 is 35.2 Å². The van der Waals surface area contributed by atoms with Crippen molar-refractivity contribution in [2.24, 2.45) is 0 Å². The van der Waals surface area contributed by atoms with Gasteiger partial charge in [-0.25, -0.2) is 0 Å². The summed E-state index contributed by atoms with van der Waals surface area (Å²) in [5.74, 6) is 0. The van der Waals surface area contributed by atoms with Gasteiger partial charge in [-0.15, -0.1) is 0 Å². The van der Waals surface area contributed by atoms with Gasteiger partial charge in [0.1, 0.15) is 0 Å². The molecule has 1 saturated heterocycles. The van der Waals surface area contributed by atoms with E-state index in [2.05, 4.69) is 0 Å². The van der Waals surface area contributed by atoms with Gasteiger partial charge in [0.05, 0.1) is 0 Å². The van der Waals surface area contributed by atoms with Gasteiger partial charge < -0.3 is 34.2 Å². The lowest BCUT2D eigenvalue weighted by atomic mass is 10.9. The zero-order valence-electron chi connectivity index (χ0n) is 18.9. The molecule has 0 saturated carbocycles. The monoisotopic (exact) mass is 472 g/mol. The molecule has 1 aliphatic rings. The maximum Gasteiger partial charge on any atom is 0.485 e. The van der Waals surface area contributed by atoms with Crippen LogP contribution in [0.15, 0.2) is 0 Å².